The van der Waals surface area contributed by atoms with E-state index in [4.69, 9.17) is 4.74 Å². The summed E-state index contributed by atoms with van der Waals surface area (Å²) < 4.78 is 6.17. The third kappa shape index (κ3) is 3.80. The third-order valence-electron chi connectivity index (χ3n) is 3.76. The van der Waals surface area contributed by atoms with Gasteiger partial charge in [-0.25, -0.2) is 0 Å². The Kier molecular flexibility index (Phi) is 5.46. The number of nitriles is 1. The fourth-order valence-electron chi connectivity index (χ4n) is 2.52. The van der Waals surface area contributed by atoms with Gasteiger partial charge in [-0.05, 0) is 48.2 Å². The van der Waals surface area contributed by atoms with E-state index < -0.39 is 0 Å². The highest BCUT2D eigenvalue weighted by atomic mass is 79.9. The van der Waals surface area contributed by atoms with Gasteiger partial charge < -0.3 is 9.84 Å². The van der Waals surface area contributed by atoms with Crippen molar-refractivity contribution in [2.75, 3.05) is 7.11 Å². The highest BCUT2D eigenvalue weighted by Crippen LogP contribution is 2.36. The number of aromatic hydroxyl groups is 1. The molecule has 0 radical (unpaired) electrons. The molecule has 0 fully saturated rings. The van der Waals surface area contributed by atoms with Gasteiger partial charge in [-0.1, -0.05) is 35.0 Å². The van der Waals surface area contributed by atoms with Crippen molar-refractivity contribution in [1.29, 1.82) is 5.26 Å². The maximum atomic E-state index is 10.1. The van der Waals surface area contributed by atoms with Crippen molar-refractivity contribution in [3.8, 4) is 17.6 Å². The first-order valence-corrected chi connectivity index (χ1v) is 7.86. The number of phenols is 1. The monoisotopic (exact) mass is 359 g/mol. The van der Waals surface area contributed by atoms with Crippen LogP contribution in [-0.4, -0.2) is 12.2 Å². The van der Waals surface area contributed by atoms with Gasteiger partial charge in [0.2, 0.25) is 0 Å². The lowest BCUT2D eigenvalue weighted by atomic mass is 9.86. The first kappa shape index (κ1) is 16.4. The molecular formula is C18H18BrNO2. The Labute approximate surface area is 139 Å². The molecule has 2 rings (SSSR count). The highest BCUT2D eigenvalue weighted by Gasteiger charge is 2.19. The van der Waals surface area contributed by atoms with Crippen LogP contribution in [0.25, 0.3) is 0 Å². The molecule has 0 aliphatic carbocycles. The lowest BCUT2D eigenvalue weighted by Crippen LogP contribution is -2.03. The van der Waals surface area contributed by atoms with Crippen molar-refractivity contribution in [2.45, 2.75) is 25.2 Å². The summed E-state index contributed by atoms with van der Waals surface area (Å²) in [4.78, 5) is 0. The van der Waals surface area contributed by atoms with Crippen molar-refractivity contribution in [1.82, 2.24) is 0 Å². The second kappa shape index (κ2) is 7.33. The van der Waals surface area contributed by atoms with Crippen LogP contribution in [0.4, 0.5) is 0 Å². The van der Waals surface area contributed by atoms with Gasteiger partial charge in [-0.3, -0.25) is 0 Å². The number of halogens is 1. The topological polar surface area (TPSA) is 53.2 Å². The summed E-state index contributed by atoms with van der Waals surface area (Å²) in [5.74, 6) is 0.756. The lowest BCUT2D eigenvalue weighted by Gasteiger charge is -2.18. The third-order valence-corrected chi connectivity index (χ3v) is 4.26. The average Bonchev–Trinajstić information content (AvgIpc) is 2.52. The van der Waals surface area contributed by atoms with E-state index in [1.807, 2.05) is 37.3 Å². The van der Waals surface area contributed by atoms with Gasteiger partial charge in [-0.15, -0.1) is 0 Å². The highest BCUT2D eigenvalue weighted by molar-refractivity contribution is 9.10. The Morgan fingerprint density at radius 3 is 2.68 bits per heavy atom. The van der Waals surface area contributed by atoms with Crippen molar-refractivity contribution in [3.63, 3.8) is 0 Å². The average molecular weight is 360 g/mol. The Bertz CT molecular complexity index is 694. The van der Waals surface area contributed by atoms with Crippen LogP contribution in [0, 0.1) is 11.3 Å². The first-order valence-electron chi connectivity index (χ1n) is 7.07. The van der Waals surface area contributed by atoms with Gasteiger partial charge in [0, 0.05) is 10.0 Å². The van der Waals surface area contributed by atoms with Crippen LogP contribution < -0.4 is 4.74 Å². The first-order chi connectivity index (χ1) is 10.5. The van der Waals surface area contributed by atoms with E-state index in [2.05, 4.69) is 22.0 Å². The summed E-state index contributed by atoms with van der Waals surface area (Å²) in [5.41, 5.74) is 1.78. The van der Waals surface area contributed by atoms with Crippen molar-refractivity contribution in [3.05, 3.63) is 58.1 Å². The predicted octanol–water partition coefficient (Wildman–Crippen LogP) is 4.96. The van der Waals surface area contributed by atoms with E-state index >= 15 is 0 Å². The standard InChI is InChI=1S/C18H18BrNO2/c1-12(17-10-16(22-2)6-7-18(17)21)8-14(11-20)13-4-3-5-15(19)9-13/h3-7,9-10,12,14,21H,8H2,1-2H3. The van der Waals surface area contributed by atoms with Gasteiger partial charge in [0.15, 0.2) is 0 Å². The fourth-order valence-corrected chi connectivity index (χ4v) is 2.94. The molecular weight excluding hydrogens is 342 g/mol. The van der Waals surface area contributed by atoms with Gasteiger partial charge >= 0.3 is 0 Å². The number of methoxy groups -OCH3 is 1. The Hall–Kier alpha value is -1.99. The number of nitrogens with zero attached hydrogens (tertiary/aromatic N) is 1. The zero-order valence-corrected chi connectivity index (χ0v) is 14.2. The molecule has 0 spiro atoms. The van der Waals surface area contributed by atoms with Gasteiger partial charge in [-0.2, -0.15) is 5.26 Å². The molecule has 4 heteroatoms. The van der Waals surface area contributed by atoms with Gasteiger partial charge in [0.1, 0.15) is 11.5 Å². The summed E-state index contributed by atoms with van der Waals surface area (Å²) in [7, 11) is 1.60. The number of hydrogen-bond acceptors (Lipinski definition) is 3. The summed E-state index contributed by atoms with van der Waals surface area (Å²) in [5, 5.41) is 19.5. The molecule has 2 unspecified atom stereocenters. The lowest BCUT2D eigenvalue weighted by molar-refractivity contribution is 0.409. The van der Waals surface area contributed by atoms with Crippen LogP contribution in [0.3, 0.4) is 0 Å². The number of rotatable bonds is 5. The molecule has 3 nitrogen and oxygen atoms in total. The minimum Gasteiger partial charge on any atom is -0.508 e. The molecule has 2 aromatic carbocycles. The summed E-state index contributed by atoms with van der Waals surface area (Å²) in [6.07, 6.45) is 0.633. The quantitative estimate of drug-likeness (QED) is 0.820. The molecule has 0 amide bonds. The molecule has 1 N–H and O–H groups in total. The SMILES string of the molecule is COc1ccc(O)c(C(C)CC(C#N)c2cccc(Br)c2)c1. The van der Waals surface area contributed by atoms with E-state index in [-0.39, 0.29) is 17.6 Å². The van der Waals surface area contributed by atoms with Crippen LogP contribution in [0.2, 0.25) is 0 Å². The van der Waals surface area contributed by atoms with Crippen LogP contribution >= 0.6 is 15.9 Å². The zero-order valence-electron chi connectivity index (χ0n) is 12.6. The summed E-state index contributed by atoms with van der Waals surface area (Å²) >= 11 is 3.44. The van der Waals surface area contributed by atoms with Crippen LogP contribution in [-0.2, 0) is 0 Å². The maximum Gasteiger partial charge on any atom is 0.119 e. The van der Waals surface area contributed by atoms with Crippen molar-refractivity contribution in [2.24, 2.45) is 0 Å². The van der Waals surface area contributed by atoms with Gasteiger partial charge in [0.25, 0.3) is 0 Å². The van der Waals surface area contributed by atoms with E-state index in [0.717, 1.165) is 15.6 Å². The molecule has 0 bridgehead atoms. The number of phenolic OH excluding ortho intramolecular Hbond substituents is 1. The fraction of sp³-hybridized carbons (Fsp3) is 0.278. The molecule has 2 aromatic rings. The van der Waals surface area contributed by atoms with Crippen molar-refractivity contribution < 1.29 is 9.84 Å². The molecule has 0 aliphatic heterocycles. The maximum absolute atomic E-state index is 10.1. The predicted molar refractivity (Wildman–Crippen MR) is 90.2 cm³/mol. The molecule has 0 aliphatic rings. The molecule has 0 heterocycles. The molecule has 0 saturated carbocycles. The molecule has 22 heavy (non-hydrogen) atoms. The largest absolute Gasteiger partial charge is 0.508 e. The Balaban J connectivity index is 2.23. The Morgan fingerprint density at radius 2 is 2.05 bits per heavy atom. The minimum absolute atomic E-state index is 0.0405. The van der Waals surface area contributed by atoms with Gasteiger partial charge in [0.05, 0.1) is 19.1 Å². The van der Waals surface area contributed by atoms with E-state index in [0.29, 0.717) is 12.2 Å². The van der Waals surface area contributed by atoms with E-state index in [1.54, 1.807) is 19.2 Å². The molecule has 0 saturated heterocycles. The van der Waals surface area contributed by atoms with Crippen LogP contribution in [0.1, 0.15) is 36.3 Å². The summed E-state index contributed by atoms with van der Waals surface area (Å²) in [6.45, 7) is 2.01. The molecule has 2 atom stereocenters. The van der Waals surface area contributed by atoms with Crippen LogP contribution in [0.15, 0.2) is 46.9 Å². The number of hydrogen-bond donors (Lipinski definition) is 1. The second-order valence-corrected chi connectivity index (χ2v) is 6.21. The Morgan fingerprint density at radius 1 is 1.27 bits per heavy atom. The molecule has 114 valence electrons. The second-order valence-electron chi connectivity index (χ2n) is 5.30. The van der Waals surface area contributed by atoms with Crippen LogP contribution in [0.5, 0.6) is 11.5 Å². The number of ether oxygens (including phenoxy) is 1. The van der Waals surface area contributed by atoms with E-state index in [1.165, 1.54) is 0 Å². The number of benzene rings is 2. The smallest absolute Gasteiger partial charge is 0.119 e. The minimum atomic E-state index is -0.224. The summed E-state index contributed by atoms with van der Waals surface area (Å²) in [6, 6.07) is 15.3. The normalized spacial score (nSPS) is 13.2. The van der Waals surface area contributed by atoms with Crippen molar-refractivity contribution >= 4 is 15.9 Å². The van der Waals surface area contributed by atoms with E-state index in [9.17, 15) is 10.4 Å². The zero-order chi connectivity index (χ0) is 16.1. The molecule has 0 aromatic heterocycles.